The van der Waals surface area contributed by atoms with Crippen molar-refractivity contribution in [3.63, 3.8) is 0 Å². The van der Waals surface area contributed by atoms with E-state index in [9.17, 15) is 0 Å². The van der Waals surface area contributed by atoms with E-state index in [-0.39, 0.29) is 0 Å². The Balaban J connectivity index is 1.81. The van der Waals surface area contributed by atoms with E-state index in [1.54, 1.807) is 0 Å². The van der Waals surface area contributed by atoms with Crippen LogP contribution in [0.5, 0.6) is 0 Å². The fourth-order valence-electron chi connectivity index (χ4n) is 2.77. The molecule has 0 amide bonds. The third-order valence-corrected chi connectivity index (χ3v) is 3.64. The summed E-state index contributed by atoms with van der Waals surface area (Å²) in [5.41, 5.74) is 6.03. The lowest BCUT2D eigenvalue weighted by molar-refractivity contribution is -0.0401. The highest BCUT2D eigenvalue weighted by molar-refractivity contribution is 4.92. The van der Waals surface area contributed by atoms with E-state index >= 15 is 0 Å². The SMILES string of the molecule is COC1CC(N2CC(C)CC(N)C2)C1. The fourth-order valence-corrected chi connectivity index (χ4v) is 2.77. The Hall–Kier alpha value is -0.120. The number of likely N-dealkylation sites (tertiary alicyclic amines) is 1. The van der Waals surface area contributed by atoms with E-state index in [0.29, 0.717) is 12.1 Å². The first-order valence-corrected chi connectivity index (χ1v) is 5.71. The summed E-state index contributed by atoms with van der Waals surface area (Å²) in [6.45, 7) is 4.62. The molecule has 1 heterocycles. The molecule has 1 aliphatic heterocycles. The first kappa shape index (κ1) is 10.4. The lowest BCUT2D eigenvalue weighted by Crippen LogP contribution is -2.55. The number of nitrogens with zero attached hydrogens (tertiary/aromatic N) is 1. The Morgan fingerprint density at radius 2 is 1.93 bits per heavy atom. The number of hydrogen-bond acceptors (Lipinski definition) is 3. The van der Waals surface area contributed by atoms with Gasteiger partial charge in [-0.2, -0.15) is 0 Å². The van der Waals surface area contributed by atoms with Crippen LogP contribution in [0.1, 0.15) is 26.2 Å². The Morgan fingerprint density at radius 3 is 2.50 bits per heavy atom. The standard InChI is InChI=1S/C11H22N2O/c1-8-3-9(12)7-13(6-8)10-4-11(5-10)14-2/h8-11H,3-7,12H2,1-2H3. The minimum Gasteiger partial charge on any atom is -0.381 e. The molecule has 14 heavy (non-hydrogen) atoms. The van der Waals surface area contributed by atoms with E-state index in [2.05, 4.69) is 11.8 Å². The lowest BCUT2D eigenvalue weighted by Gasteiger charge is -2.46. The molecule has 0 spiro atoms. The van der Waals surface area contributed by atoms with Gasteiger partial charge in [0.2, 0.25) is 0 Å². The summed E-state index contributed by atoms with van der Waals surface area (Å²) in [5.74, 6) is 0.764. The topological polar surface area (TPSA) is 38.5 Å². The minimum atomic E-state index is 0.389. The average Bonchev–Trinajstić information content (AvgIpc) is 2.00. The van der Waals surface area contributed by atoms with Crippen molar-refractivity contribution in [2.24, 2.45) is 11.7 Å². The van der Waals surface area contributed by atoms with Gasteiger partial charge in [0.1, 0.15) is 0 Å². The Morgan fingerprint density at radius 1 is 1.21 bits per heavy atom. The van der Waals surface area contributed by atoms with Gasteiger partial charge in [-0.05, 0) is 25.2 Å². The van der Waals surface area contributed by atoms with Gasteiger partial charge in [0.05, 0.1) is 6.10 Å². The molecule has 0 bridgehead atoms. The van der Waals surface area contributed by atoms with Gasteiger partial charge in [-0.1, -0.05) is 6.92 Å². The molecule has 2 rings (SSSR count). The summed E-state index contributed by atoms with van der Waals surface area (Å²) in [5, 5.41) is 0. The van der Waals surface area contributed by atoms with Crippen molar-refractivity contribution in [3.05, 3.63) is 0 Å². The maximum atomic E-state index is 6.03. The molecule has 2 fully saturated rings. The monoisotopic (exact) mass is 198 g/mol. The summed E-state index contributed by atoms with van der Waals surface area (Å²) in [4.78, 5) is 2.56. The number of piperidine rings is 1. The van der Waals surface area contributed by atoms with Crippen molar-refractivity contribution in [3.8, 4) is 0 Å². The van der Waals surface area contributed by atoms with Gasteiger partial charge < -0.3 is 10.5 Å². The highest BCUT2D eigenvalue weighted by atomic mass is 16.5. The molecular weight excluding hydrogens is 176 g/mol. The summed E-state index contributed by atoms with van der Waals surface area (Å²) >= 11 is 0. The Kier molecular flexibility index (Phi) is 3.10. The maximum Gasteiger partial charge on any atom is 0.0601 e. The van der Waals surface area contributed by atoms with Crippen LogP contribution in [0.2, 0.25) is 0 Å². The zero-order valence-electron chi connectivity index (χ0n) is 9.28. The predicted molar refractivity (Wildman–Crippen MR) is 57.1 cm³/mol. The molecule has 0 aromatic heterocycles. The molecule has 1 saturated heterocycles. The average molecular weight is 198 g/mol. The van der Waals surface area contributed by atoms with Crippen molar-refractivity contribution in [2.75, 3.05) is 20.2 Å². The van der Waals surface area contributed by atoms with E-state index in [0.717, 1.165) is 18.5 Å². The molecule has 0 aromatic rings. The second kappa shape index (κ2) is 4.17. The molecule has 1 saturated carbocycles. The third kappa shape index (κ3) is 2.10. The number of methoxy groups -OCH3 is 1. The minimum absolute atomic E-state index is 0.389. The Bertz CT molecular complexity index is 182. The Labute approximate surface area is 86.6 Å². The second-order valence-corrected chi connectivity index (χ2v) is 5.04. The van der Waals surface area contributed by atoms with E-state index in [1.165, 1.54) is 25.8 Å². The summed E-state index contributed by atoms with van der Waals surface area (Å²) in [6, 6.07) is 1.13. The van der Waals surface area contributed by atoms with E-state index in [1.807, 2.05) is 7.11 Å². The summed E-state index contributed by atoms with van der Waals surface area (Å²) in [7, 11) is 1.81. The molecule has 1 aliphatic carbocycles. The molecule has 2 atom stereocenters. The van der Waals surface area contributed by atoms with Gasteiger partial charge in [0, 0.05) is 32.3 Å². The van der Waals surface area contributed by atoms with Gasteiger partial charge in [0.25, 0.3) is 0 Å². The summed E-state index contributed by atoms with van der Waals surface area (Å²) < 4.78 is 5.30. The van der Waals surface area contributed by atoms with Gasteiger partial charge in [-0.25, -0.2) is 0 Å². The van der Waals surface area contributed by atoms with E-state index in [4.69, 9.17) is 10.5 Å². The lowest BCUT2D eigenvalue weighted by atomic mass is 9.85. The number of hydrogen-bond donors (Lipinski definition) is 1. The van der Waals surface area contributed by atoms with Crippen LogP contribution in [-0.4, -0.2) is 43.3 Å². The van der Waals surface area contributed by atoms with Crippen LogP contribution in [0.3, 0.4) is 0 Å². The van der Waals surface area contributed by atoms with E-state index < -0.39 is 0 Å². The quantitative estimate of drug-likeness (QED) is 0.714. The molecule has 3 nitrogen and oxygen atoms in total. The first-order chi connectivity index (χ1) is 6.69. The zero-order chi connectivity index (χ0) is 10.1. The predicted octanol–water partition coefficient (Wildman–Crippen LogP) is 0.833. The van der Waals surface area contributed by atoms with Crippen LogP contribution in [0.25, 0.3) is 0 Å². The molecule has 0 radical (unpaired) electrons. The smallest absolute Gasteiger partial charge is 0.0601 e. The highest BCUT2D eigenvalue weighted by Crippen LogP contribution is 2.30. The molecular formula is C11H22N2O. The molecule has 0 aromatic carbocycles. The van der Waals surface area contributed by atoms with Gasteiger partial charge in [-0.15, -0.1) is 0 Å². The molecule has 2 N–H and O–H groups in total. The first-order valence-electron chi connectivity index (χ1n) is 5.71. The van der Waals surface area contributed by atoms with Crippen LogP contribution in [0.4, 0.5) is 0 Å². The van der Waals surface area contributed by atoms with Crippen molar-refractivity contribution >= 4 is 0 Å². The van der Waals surface area contributed by atoms with Crippen LogP contribution < -0.4 is 5.73 Å². The van der Waals surface area contributed by atoms with Crippen LogP contribution in [0, 0.1) is 5.92 Å². The molecule has 82 valence electrons. The van der Waals surface area contributed by atoms with Gasteiger partial charge >= 0.3 is 0 Å². The van der Waals surface area contributed by atoms with Gasteiger partial charge in [0.15, 0.2) is 0 Å². The zero-order valence-corrected chi connectivity index (χ0v) is 9.28. The number of ether oxygens (including phenoxy) is 1. The van der Waals surface area contributed by atoms with Crippen molar-refractivity contribution in [1.29, 1.82) is 0 Å². The third-order valence-electron chi connectivity index (χ3n) is 3.64. The van der Waals surface area contributed by atoms with Crippen molar-refractivity contribution in [1.82, 2.24) is 4.90 Å². The van der Waals surface area contributed by atoms with Crippen molar-refractivity contribution < 1.29 is 4.74 Å². The maximum absolute atomic E-state index is 6.03. The molecule has 2 aliphatic rings. The highest BCUT2D eigenvalue weighted by Gasteiger charge is 2.36. The van der Waals surface area contributed by atoms with Crippen LogP contribution >= 0.6 is 0 Å². The number of nitrogens with two attached hydrogens (primary N) is 1. The second-order valence-electron chi connectivity index (χ2n) is 5.04. The van der Waals surface area contributed by atoms with Gasteiger partial charge in [-0.3, -0.25) is 4.90 Å². The van der Waals surface area contributed by atoms with Crippen LogP contribution in [-0.2, 0) is 4.74 Å². The molecule has 3 heteroatoms. The largest absolute Gasteiger partial charge is 0.381 e. The number of rotatable bonds is 2. The van der Waals surface area contributed by atoms with Crippen LogP contribution in [0.15, 0.2) is 0 Å². The molecule has 2 unspecified atom stereocenters. The van der Waals surface area contributed by atoms with Crippen molar-refractivity contribution in [2.45, 2.75) is 44.4 Å². The summed E-state index contributed by atoms with van der Waals surface area (Å²) in [6.07, 6.45) is 4.11. The fraction of sp³-hybridized carbons (Fsp3) is 1.00. The normalized spacial score (nSPS) is 44.8.